The van der Waals surface area contributed by atoms with Crippen LogP contribution in [-0.2, 0) is 11.3 Å². The zero-order valence-corrected chi connectivity index (χ0v) is 13.9. The maximum absolute atomic E-state index is 11.8. The van der Waals surface area contributed by atoms with Crippen LogP contribution in [0.25, 0.3) is 11.0 Å². The van der Waals surface area contributed by atoms with Crippen LogP contribution < -0.4 is 10.5 Å². The van der Waals surface area contributed by atoms with Crippen molar-refractivity contribution in [1.82, 2.24) is 0 Å². The molecule has 1 aliphatic rings. The lowest BCUT2D eigenvalue weighted by Crippen LogP contribution is -3.14. The molecule has 4 nitrogen and oxygen atoms in total. The summed E-state index contributed by atoms with van der Waals surface area (Å²) in [5, 5.41) is 1.62. The van der Waals surface area contributed by atoms with Gasteiger partial charge in [0.25, 0.3) is 0 Å². The van der Waals surface area contributed by atoms with E-state index in [9.17, 15) is 4.79 Å². The molecule has 2 heterocycles. The van der Waals surface area contributed by atoms with Gasteiger partial charge in [0.1, 0.15) is 37.4 Å². The van der Waals surface area contributed by atoms with E-state index in [1.54, 1.807) is 6.07 Å². The lowest BCUT2D eigenvalue weighted by atomic mass is 10.1. The molecule has 22 heavy (non-hydrogen) atoms. The van der Waals surface area contributed by atoms with E-state index in [2.05, 4.69) is 13.8 Å². The minimum Gasteiger partial charge on any atom is -0.423 e. The highest BCUT2D eigenvalue weighted by Gasteiger charge is 2.26. The summed E-state index contributed by atoms with van der Waals surface area (Å²) >= 11 is 6.24. The molecule has 118 valence electrons. The molecule has 0 amide bonds. The second kappa shape index (κ2) is 6.03. The Hall–Kier alpha value is -1.36. The number of halogens is 1. The van der Waals surface area contributed by atoms with Crippen molar-refractivity contribution in [2.45, 2.75) is 39.5 Å². The number of ether oxygens (including phenoxy) is 1. The van der Waals surface area contributed by atoms with Gasteiger partial charge in [-0.1, -0.05) is 11.6 Å². The number of aryl methyl sites for hydroxylation is 1. The molecule has 1 aromatic heterocycles. The zero-order chi connectivity index (χ0) is 15.9. The van der Waals surface area contributed by atoms with E-state index in [-0.39, 0.29) is 17.8 Å². The van der Waals surface area contributed by atoms with Crippen molar-refractivity contribution >= 4 is 22.6 Å². The maximum atomic E-state index is 11.8. The van der Waals surface area contributed by atoms with Crippen molar-refractivity contribution < 1.29 is 14.1 Å². The summed E-state index contributed by atoms with van der Waals surface area (Å²) in [5.41, 5.74) is 2.20. The van der Waals surface area contributed by atoms with Gasteiger partial charge in [0, 0.05) is 22.0 Å². The normalized spacial score (nSPS) is 25.5. The predicted octanol–water partition coefficient (Wildman–Crippen LogP) is 1.95. The Balaban J connectivity index is 1.99. The first-order valence-electron chi connectivity index (χ1n) is 7.64. The topological polar surface area (TPSA) is 43.9 Å². The quantitative estimate of drug-likeness (QED) is 0.860. The molecular formula is C17H21ClNO3+. The molecule has 0 saturated carbocycles. The van der Waals surface area contributed by atoms with Crippen LogP contribution >= 0.6 is 11.6 Å². The maximum Gasteiger partial charge on any atom is 0.336 e. The summed E-state index contributed by atoms with van der Waals surface area (Å²) < 4.78 is 11.1. The highest BCUT2D eigenvalue weighted by atomic mass is 35.5. The molecule has 0 aliphatic carbocycles. The van der Waals surface area contributed by atoms with E-state index in [0.717, 1.165) is 36.1 Å². The van der Waals surface area contributed by atoms with Crippen molar-refractivity contribution in [3.63, 3.8) is 0 Å². The molecule has 0 bridgehead atoms. The summed E-state index contributed by atoms with van der Waals surface area (Å²) in [7, 11) is 0. The standard InChI is InChI=1S/C17H20ClNO3/c1-10-4-16-14(6-15(10)18)13(5-17(20)22-16)9-19-7-11(2)21-12(3)8-19/h4-6,11-12H,7-9H2,1-3H3/p+1/t11-,12+. The Morgan fingerprint density at radius 2 is 1.91 bits per heavy atom. The van der Waals surface area contributed by atoms with Crippen LogP contribution in [0.2, 0.25) is 5.02 Å². The van der Waals surface area contributed by atoms with Crippen LogP contribution in [0.5, 0.6) is 0 Å². The minimum absolute atomic E-state index is 0.232. The average Bonchev–Trinajstić information content (AvgIpc) is 2.39. The largest absolute Gasteiger partial charge is 0.423 e. The van der Waals surface area contributed by atoms with E-state index in [0.29, 0.717) is 10.6 Å². The minimum atomic E-state index is -0.307. The van der Waals surface area contributed by atoms with Gasteiger partial charge in [0.05, 0.1) is 0 Å². The highest BCUT2D eigenvalue weighted by Crippen LogP contribution is 2.24. The van der Waals surface area contributed by atoms with Crippen molar-refractivity contribution in [1.29, 1.82) is 0 Å². The number of quaternary nitrogens is 1. The Morgan fingerprint density at radius 1 is 1.23 bits per heavy atom. The number of fused-ring (bicyclic) bond motifs is 1. The molecule has 3 atom stereocenters. The Morgan fingerprint density at radius 3 is 2.59 bits per heavy atom. The molecule has 2 aromatic rings. The van der Waals surface area contributed by atoms with Crippen LogP contribution in [-0.4, -0.2) is 25.3 Å². The third-order valence-electron chi connectivity index (χ3n) is 4.17. The van der Waals surface area contributed by atoms with Crippen molar-refractivity contribution in [3.05, 3.63) is 44.8 Å². The van der Waals surface area contributed by atoms with Crippen molar-refractivity contribution in [2.24, 2.45) is 0 Å². The van der Waals surface area contributed by atoms with Gasteiger partial charge in [-0.05, 0) is 38.5 Å². The zero-order valence-electron chi connectivity index (χ0n) is 13.1. The molecule has 0 radical (unpaired) electrons. The Bertz CT molecular complexity index is 745. The Labute approximate surface area is 134 Å². The van der Waals surface area contributed by atoms with E-state index in [1.165, 1.54) is 4.90 Å². The van der Waals surface area contributed by atoms with Gasteiger partial charge in [0.2, 0.25) is 0 Å². The first-order valence-corrected chi connectivity index (χ1v) is 8.02. The second-order valence-corrected chi connectivity index (χ2v) is 6.69. The fourth-order valence-corrected chi connectivity index (χ4v) is 3.46. The summed E-state index contributed by atoms with van der Waals surface area (Å²) in [6.45, 7) is 8.74. The van der Waals surface area contributed by atoms with Crippen LogP contribution in [0.4, 0.5) is 0 Å². The molecule has 1 unspecified atom stereocenters. The van der Waals surface area contributed by atoms with Gasteiger partial charge in [0.15, 0.2) is 0 Å². The molecule has 5 heteroatoms. The summed E-state index contributed by atoms with van der Waals surface area (Å²) in [5.74, 6) is 0. The van der Waals surface area contributed by atoms with Crippen LogP contribution in [0.1, 0.15) is 25.0 Å². The van der Waals surface area contributed by atoms with Gasteiger partial charge in [-0.15, -0.1) is 0 Å². The first-order chi connectivity index (χ1) is 10.4. The number of hydrogen-bond donors (Lipinski definition) is 1. The third-order valence-corrected chi connectivity index (χ3v) is 4.57. The smallest absolute Gasteiger partial charge is 0.336 e. The van der Waals surface area contributed by atoms with Crippen molar-refractivity contribution in [2.75, 3.05) is 13.1 Å². The number of morpholine rings is 1. The third kappa shape index (κ3) is 3.19. The second-order valence-electron chi connectivity index (χ2n) is 6.28. The van der Waals surface area contributed by atoms with Crippen molar-refractivity contribution in [3.8, 4) is 0 Å². The molecule has 1 fully saturated rings. The van der Waals surface area contributed by atoms with E-state index in [1.807, 2.05) is 19.1 Å². The lowest BCUT2D eigenvalue weighted by molar-refractivity contribution is -0.928. The highest BCUT2D eigenvalue weighted by molar-refractivity contribution is 6.32. The lowest BCUT2D eigenvalue weighted by Gasteiger charge is -2.32. The predicted molar refractivity (Wildman–Crippen MR) is 86.6 cm³/mol. The molecule has 1 aromatic carbocycles. The van der Waals surface area contributed by atoms with Crippen LogP contribution in [0.15, 0.2) is 27.4 Å². The van der Waals surface area contributed by atoms with E-state index < -0.39 is 0 Å². The van der Waals surface area contributed by atoms with Gasteiger partial charge in [-0.25, -0.2) is 4.79 Å². The average molecular weight is 323 g/mol. The molecular weight excluding hydrogens is 302 g/mol. The number of rotatable bonds is 2. The monoisotopic (exact) mass is 322 g/mol. The molecule has 3 rings (SSSR count). The summed E-state index contributed by atoms with van der Waals surface area (Å²) in [6, 6.07) is 5.32. The Kier molecular flexibility index (Phi) is 4.26. The molecule has 1 aliphatic heterocycles. The van der Waals surface area contributed by atoms with Gasteiger partial charge in [-0.2, -0.15) is 0 Å². The first kappa shape index (κ1) is 15.5. The van der Waals surface area contributed by atoms with E-state index >= 15 is 0 Å². The van der Waals surface area contributed by atoms with E-state index in [4.69, 9.17) is 20.8 Å². The molecule has 1 saturated heterocycles. The number of nitrogens with one attached hydrogen (secondary N) is 1. The molecule has 1 N–H and O–H groups in total. The number of benzene rings is 1. The van der Waals surface area contributed by atoms with Crippen LogP contribution in [0.3, 0.4) is 0 Å². The molecule has 0 spiro atoms. The SMILES string of the molecule is Cc1cc2oc(=O)cc(C[NH+]3C[C@@H](C)O[C@@H](C)C3)c2cc1Cl. The van der Waals surface area contributed by atoms with Gasteiger partial charge >= 0.3 is 5.63 Å². The summed E-state index contributed by atoms with van der Waals surface area (Å²) in [6.07, 6.45) is 0.465. The van der Waals surface area contributed by atoms with Gasteiger partial charge in [-0.3, -0.25) is 0 Å². The fourth-order valence-electron chi connectivity index (χ4n) is 3.30. The van der Waals surface area contributed by atoms with Gasteiger partial charge < -0.3 is 14.1 Å². The summed E-state index contributed by atoms with van der Waals surface area (Å²) in [4.78, 5) is 13.2. The fraction of sp³-hybridized carbons (Fsp3) is 0.471. The van der Waals surface area contributed by atoms with Crippen LogP contribution in [0, 0.1) is 6.92 Å². The number of hydrogen-bond acceptors (Lipinski definition) is 3.